The Labute approximate surface area is 192 Å². The highest BCUT2D eigenvalue weighted by molar-refractivity contribution is 6.14. The van der Waals surface area contributed by atoms with Crippen LogP contribution >= 0.6 is 0 Å². The topological polar surface area (TPSA) is 151 Å². The quantitative estimate of drug-likeness (QED) is 0.407. The number of hydrogen-bond acceptors (Lipinski definition) is 7. The maximum atomic E-state index is 14.2. The first-order valence-electron chi connectivity index (χ1n) is 10.3. The van der Waals surface area contributed by atoms with E-state index < -0.39 is 23.6 Å². The van der Waals surface area contributed by atoms with Gasteiger partial charge < -0.3 is 20.5 Å². The summed E-state index contributed by atoms with van der Waals surface area (Å²) < 4.78 is 27.7. The molecule has 1 aliphatic heterocycles. The number of aromatic amines is 1. The number of anilines is 1. The van der Waals surface area contributed by atoms with Crippen molar-refractivity contribution in [2.45, 2.75) is 13.0 Å². The fourth-order valence-electron chi connectivity index (χ4n) is 3.68. The van der Waals surface area contributed by atoms with E-state index in [2.05, 4.69) is 31.7 Å². The molecular formula is C22H20F2N8O2. The van der Waals surface area contributed by atoms with E-state index in [-0.39, 0.29) is 51.2 Å². The van der Waals surface area contributed by atoms with Gasteiger partial charge in [-0.05, 0) is 19.1 Å². The molecule has 2 amide bonds. The molecule has 1 saturated heterocycles. The molecule has 0 radical (unpaired) electrons. The fourth-order valence-corrected chi connectivity index (χ4v) is 3.68. The number of carbonyl (C=O) groups excluding carboxylic acids is 2. The Morgan fingerprint density at radius 2 is 2.06 bits per heavy atom. The summed E-state index contributed by atoms with van der Waals surface area (Å²) in [7, 11) is 1.40. The first-order valence-corrected chi connectivity index (χ1v) is 10.3. The fraction of sp³-hybridized carbons (Fsp3) is 0.273. The Balaban J connectivity index is 1.58. The number of likely N-dealkylation sites (tertiary alicyclic amines) is 1. The van der Waals surface area contributed by atoms with Crippen LogP contribution in [0.3, 0.4) is 0 Å². The van der Waals surface area contributed by atoms with Gasteiger partial charge in [0, 0.05) is 31.9 Å². The summed E-state index contributed by atoms with van der Waals surface area (Å²) in [4.78, 5) is 38.1. The number of fused-ring (bicyclic) bond motifs is 1. The van der Waals surface area contributed by atoms with Crippen molar-refractivity contribution in [3.63, 3.8) is 0 Å². The summed E-state index contributed by atoms with van der Waals surface area (Å²) in [6, 6.07) is 3.43. The Bertz CT molecular complexity index is 1360. The molecule has 0 aliphatic carbocycles. The minimum Gasteiger partial charge on any atom is -0.385 e. The van der Waals surface area contributed by atoms with Crippen LogP contribution in [-0.2, 0) is 4.79 Å². The van der Waals surface area contributed by atoms with E-state index in [1.165, 1.54) is 30.4 Å². The van der Waals surface area contributed by atoms with E-state index in [4.69, 9.17) is 10.7 Å². The van der Waals surface area contributed by atoms with Crippen molar-refractivity contribution >= 4 is 34.4 Å². The van der Waals surface area contributed by atoms with E-state index >= 15 is 0 Å². The van der Waals surface area contributed by atoms with E-state index in [9.17, 15) is 18.4 Å². The van der Waals surface area contributed by atoms with Crippen molar-refractivity contribution in [2.24, 2.45) is 5.92 Å². The van der Waals surface area contributed by atoms with Gasteiger partial charge in [-0.25, -0.2) is 18.7 Å². The molecule has 1 unspecified atom stereocenters. The number of nitrogens with zero attached hydrogens (tertiary/aromatic N) is 4. The third-order valence-electron chi connectivity index (χ3n) is 5.59. The molecule has 1 aliphatic rings. The molecule has 10 nitrogen and oxygen atoms in total. The molecule has 0 spiro atoms. The molecule has 1 fully saturated rings. The lowest BCUT2D eigenvalue weighted by molar-refractivity contribution is -0.137. The average Bonchev–Trinajstić information content (AvgIpc) is 3.22. The van der Waals surface area contributed by atoms with Crippen LogP contribution in [0.4, 0.5) is 14.5 Å². The molecular weight excluding hydrogens is 446 g/mol. The first kappa shape index (κ1) is 22.8. The largest absolute Gasteiger partial charge is 0.385 e. The standard InChI is InChI=1S/C22H20F2N8O2/c1-10(22(34)32-8-11(5-25)9-32)30-21(33)13-6-28-20-19(13)31-15(7-29-20)17(26)12-3-4-14(23)16(24)18(12)27-2/h3-4,6-7,10-11,26-27H,8-9H2,1-2H3,(H,28,29)(H,30,33). The lowest BCUT2D eigenvalue weighted by Gasteiger charge is -2.37. The zero-order chi connectivity index (χ0) is 24.6. The van der Waals surface area contributed by atoms with Gasteiger partial charge in [-0.3, -0.25) is 15.0 Å². The van der Waals surface area contributed by atoms with Gasteiger partial charge in [0.05, 0.1) is 35.1 Å². The molecule has 1 aromatic carbocycles. The normalized spacial score (nSPS) is 14.3. The number of carbonyl (C=O) groups is 2. The molecule has 3 heterocycles. The van der Waals surface area contributed by atoms with E-state index in [0.717, 1.165) is 6.07 Å². The maximum Gasteiger partial charge on any atom is 0.255 e. The summed E-state index contributed by atoms with van der Waals surface area (Å²) in [6.45, 7) is 2.21. The highest BCUT2D eigenvalue weighted by Crippen LogP contribution is 2.25. The van der Waals surface area contributed by atoms with E-state index in [0.29, 0.717) is 13.1 Å². The van der Waals surface area contributed by atoms with Crippen LogP contribution in [0.2, 0.25) is 0 Å². The Kier molecular flexibility index (Phi) is 5.93. The number of aromatic nitrogens is 3. The lowest BCUT2D eigenvalue weighted by Crippen LogP contribution is -2.55. The third kappa shape index (κ3) is 3.92. The smallest absolute Gasteiger partial charge is 0.255 e. The summed E-state index contributed by atoms with van der Waals surface area (Å²) in [5, 5.41) is 22.5. The predicted molar refractivity (Wildman–Crippen MR) is 118 cm³/mol. The average molecular weight is 466 g/mol. The minimum atomic E-state index is -1.12. The van der Waals surface area contributed by atoms with Gasteiger partial charge in [-0.1, -0.05) is 0 Å². The molecule has 0 bridgehead atoms. The van der Waals surface area contributed by atoms with Crippen LogP contribution in [0.15, 0.2) is 24.5 Å². The van der Waals surface area contributed by atoms with Crippen molar-refractivity contribution < 1.29 is 18.4 Å². The molecule has 2 aromatic heterocycles. The third-order valence-corrected chi connectivity index (χ3v) is 5.59. The van der Waals surface area contributed by atoms with Gasteiger partial charge in [0.15, 0.2) is 17.3 Å². The van der Waals surface area contributed by atoms with Gasteiger partial charge in [-0.15, -0.1) is 0 Å². The molecule has 3 aromatic rings. The van der Waals surface area contributed by atoms with Crippen LogP contribution in [0.25, 0.3) is 11.2 Å². The Morgan fingerprint density at radius 1 is 1.32 bits per heavy atom. The number of rotatable bonds is 6. The monoisotopic (exact) mass is 466 g/mol. The molecule has 0 saturated carbocycles. The molecule has 12 heteroatoms. The highest BCUT2D eigenvalue weighted by Gasteiger charge is 2.33. The summed E-state index contributed by atoms with van der Waals surface area (Å²) in [5.41, 5.74) is 0.224. The van der Waals surface area contributed by atoms with Crippen molar-refractivity contribution in [3.05, 3.63) is 53.0 Å². The first-order chi connectivity index (χ1) is 16.2. The number of H-pyrrole nitrogens is 1. The number of halogens is 2. The number of nitriles is 1. The summed E-state index contributed by atoms with van der Waals surface area (Å²) in [6.07, 6.45) is 2.67. The zero-order valence-corrected chi connectivity index (χ0v) is 18.2. The Morgan fingerprint density at radius 3 is 2.74 bits per heavy atom. The molecule has 1 atom stereocenters. The maximum absolute atomic E-state index is 14.2. The lowest BCUT2D eigenvalue weighted by atomic mass is 10.0. The second kappa shape index (κ2) is 8.86. The van der Waals surface area contributed by atoms with Crippen LogP contribution in [0.5, 0.6) is 0 Å². The van der Waals surface area contributed by atoms with E-state index in [1.807, 2.05) is 0 Å². The van der Waals surface area contributed by atoms with Crippen LogP contribution < -0.4 is 10.6 Å². The Hall–Kier alpha value is -4.40. The van der Waals surface area contributed by atoms with Crippen molar-refractivity contribution in [1.82, 2.24) is 25.2 Å². The minimum absolute atomic E-state index is 0.0379. The van der Waals surface area contributed by atoms with Gasteiger partial charge in [-0.2, -0.15) is 5.26 Å². The number of hydrogen-bond donors (Lipinski definition) is 4. The highest BCUT2D eigenvalue weighted by atomic mass is 19.2. The van der Waals surface area contributed by atoms with Gasteiger partial charge in [0.2, 0.25) is 5.91 Å². The van der Waals surface area contributed by atoms with Crippen LogP contribution in [0, 0.1) is 34.3 Å². The van der Waals surface area contributed by atoms with Gasteiger partial charge in [0.25, 0.3) is 5.91 Å². The SMILES string of the molecule is CNc1c(C(=N)c2cnc3[nH]cc(C(=O)NC(C)C(=O)N4CC(C#N)C4)c3n2)ccc(F)c1F. The van der Waals surface area contributed by atoms with Crippen molar-refractivity contribution in [2.75, 3.05) is 25.5 Å². The van der Waals surface area contributed by atoms with Crippen molar-refractivity contribution in [3.8, 4) is 6.07 Å². The number of benzene rings is 1. The predicted octanol–water partition coefficient (Wildman–Crippen LogP) is 1.79. The summed E-state index contributed by atoms with van der Waals surface area (Å²) in [5.74, 6) is -3.25. The second-order valence-corrected chi connectivity index (χ2v) is 7.83. The second-order valence-electron chi connectivity index (χ2n) is 7.83. The zero-order valence-electron chi connectivity index (χ0n) is 18.2. The van der Waals surface area contributed by atoms with Crippen LogP contribution in [0.1, 0.15) is 28.5 Å². The van der Waals surface area contributed by atoms with Gasteiger partial charge >= 0.3 is 0 Å². The molecule has 34 heavy (non-hydrogen) atoms. The number of nitrogens with one attached hydrogen (secondary N) is 4. The van der Waals surface area contributed by atoms with E-state index in [1.54, 1.807) is 6.92 Å². The van der Waals surface area contributed by atoms with Crippen molar-refractivity contribution in [1.29, 1.82) is 10.7 Å². The van der Waals surface area contributed by atoms with Crippen LogP contribution in [-0.4, -0.2) is 63.6 Å². The molecule has 4 N–H and O–H groups in total. The number of amides is 2. The molecule has 174 valence electrons. The van der Waals surface area contributed by atoms with Gasteiger partial charge in [0.1, 0.15) is 17.3 Å². The summed E-state index contributed by atoms with van der Waals surface area (Å²) >= 11 is 0. The molecule has 4 rings (SSSR count).